The van der Waals surface area contributed by atoms with E-state index in [0.717, 1.165) is 11.0 Å². The number of aromatic nitrogens is 1. The lowest BCUT2D eigenvalue weighted by Gasteiger charge is -2.22. The van der Waals surface area contributed by atoms with Gasteiger partial charge in [0.15, 0.2) is 0 Å². The molecule has 8 heteroatoms. The first-order valence-electron chi connectivity index (χ1n) is 7.85. The van der Waals surface area contributed by atoms with Crippen molar-refractivity contribution in [2.45, 2.75) is 52.4 Å². The highest BCUT2D eigenvalue weighted by Crippen LogP contribution is 2.38. The van der Waals surface area contributed by atoms with E-state index < -0.39 is 21.8 Å². The molecule has 0 fully saturated rings. The van der Waals surface area contributed by atoms with E-state index >= 15 is 0 Å². The summed E-state index contributed by atoms with van der Waals surface area (Å²) < 4.78 is 40.4. The van der Waals surface area contributed by atoms with Gasteiger partial charge in [0.1, 0.15) is 17.5 Å². The minimum atomic E-state index is -3.65. The van der Waals surface area contributed by atoms with Crippen molar-refractivity contribution in [1.82, 2.24) is 4.98 Å². The fourth-order valence-electron chi connectivity index (χ4n) is 2.18. The highest BCUT2D eigenvalue weighted by Gasteiger charge is 2.22. The van der Waals surface area contributed by atoms with E-state index in [-0.39, 0.29) is 6.10 Å². The average molecular weight is 387 g/mol. The second-order valence-electron chi connectivity index (χ2n) is 7.01. The molecule has 0 spiro atoms. The van der Waals surface area contributed by atoms with Gasteiger partial charge in [-0.1, -0.05) is 11.3 Å². The van der Waals surface area contributed by atoms with Crippen LogP contribution in [0, 0.1) is 6.92 Å². The van der Waals surface area contributed by atoms with E-state index in [9.17, 15) is 8.42 Å². The normalized spacial score (nSPS) is 14.1. The monoisotopic (exact) mass is 386 g/mol. The van der Waals surface area contributed by atoms with Crippen molar-refractivity contribution in [1.29, 1.82) is 0 Å². The summed E-state index contributed by atoms with van der Waals surface area (Å²) in [6.45, 7) is 13.5. The fraction of sp³-hybridized carbons (Fsp3) is 0.529. The number of rotatable bonds is 6. The molecular formula is C17H24NO5S2. The maximum atomic E-state index is 11.5. The van der Waals surface area contributed by atoms with Crippen molar-refractivity contribution in [3.8, 4) is 10.9 Å². The summed E-state index contributed by atoms with van der Waals surface area (Å²) in [6, 6.07) is 3.55. The lowest BCUT2D eigenvalue weighted by molar-refractivity contribution is 0.130. The molecule has 0 bridgehead atoms. The summed E-state index contributed by atoms with van der Waals surface area (Å²) in [4.78, 5) is 4.47. The predicted molar refractivity (Wildman–Crippen MR) is 99.8 cm³/mol. The van der Waals surface area contributed by atoms with Crippen LogP contribution in [0.3, 0.4) is 0 Å². The number of benzene rings is 1. The van der Waals surface area contributed by atoms with Crippen molar-refractivity contribution < 1.29 is 22.1 Å². The maximum Gasteiger partial charge on any atom is 0.274 e. The minimum absolute atomic E-state index is 0.0166. The molecule has 0 aliphatic rings. The molecule has 0 N–H and O–H groups in total. The topological polar surface area (TPSA) is 74.7 Å². The molecule has 0 saturated heterocycles. The van der Waals surface area contributed by atoms with Crippen LogP contribution < -0.4 is 9.47 Å². The summed E-state index contributed by atoms with van der Waals surface area (Å²) in [6.07, 6.45) is 0.0724. The van der Waals surface area contributed by atoms with Gasteiger partial charge in [0, 0.05) is 11.6 Å². The lowest BCUT2D eigenvalue weighted by Crippen LogP contribution is -2.23. The van der Waals surface area contributed by atoms with Crippen LogP contribution in [0.15, 0.2) is 12.1 Å². The second-order valence-corrected chi connectivity index (χ2v) is 9.57. The van der Waals surface area contributed by atoms with Crippen LogP contribution in [0.2, 0.25) is 0 Å². The number of hydrogen-bond acceptors (Lipinski definition) is 7. The van der Waals surface area contributed by atoms with E-state index in [1.165, 1.54) is 11.3 Å². The summed E-state index contributed by atoms with van der Waals surface area (Å²) in [5, 5.41) is 0.505. The van der Waals surface area contributed by atoms with Crippen LogP contribution in [0.25, 0.3) is 10.2 Å². The molecule has 0 saturated carbocycles. The molecule has 1 aromatic heterocycles. The SMILES string of the molecule is [CH2][C@H](OS(C)(=O)=O)c1cc(OC(C)(C)C)cc2nc(OC(C)C)sc12. The molecule has 139 valence electrons. The van der Waals surface area contributed by atoms with Crippen LogP contribution in [0.4, 0.5) is 0 Å². The van der Waals surface area contributed by atoms with E-state index in [1.807, 2.05) is 34.6 Å². The third kappa shape index (κ3) is 5.83. The first-order valence-corrected chi connectivity index (χ1v) is 10.5. The van der Waals surface area contributed by atoms with E-state index in [0.29, 0.717) is 22.0 Å². The van der Waals surface area contributed by atoms with Crippen molar-refractivity contribution in [2.75, 3.05) is 6.26 Å². The molecule has 0 aliphatic carbocycles. The molecule has 1 aromatic carbocycles. The Morgan fingerprint density at radius 2 is 1.88 bits per heavy atom. The van der Waals surface area contributed by atoms with Crippen LogP contribution in [0.1, 0.15) is 46.3 Å². The van der Waals surface area contributed by atoms with E-state index in [4.69, 9.17) is 13.7 Å². The number of nitrogens with zero attached hydrogens (tertiary/aromatic N) is 1. The van der Waals surface area contributed by atoms with Crippen molar-refractivity contribution in [3.63, 3.8) is 0 Å². The van der Waals surface area contributed by atoms with Crippen LogP contribution in [-0.4, -0.2) is 31.4 Å². The maximum absolute atomic E-state index is 11.5. The van der Waals surface area contributed by atoms with Gasteiger partial charge in [-0.2, -0.15) is 8.42 Å². The Hall–Kier alpha value is -1.38. The Kier molecular flexibility index (Phi) is 5.65. The summed E-state index contributed by atoms with van der Waals surface area (Å²) in [7, 11) is -3.65. The standard InChI is InChI=1S/C17H24NO5S2/c1-10(2)21-16-18-14-9-12(22-17(4,5)6)8-13(15(14)24-16)11(3)23-25(7,19)20/h8-11H,3H2,1-2,4-7H3/t11-/m0/s1. The molecular weight excluding hydrogens is 362 g/mol. The zero-order valence-electron chi connectivity index (χ0n) is 15.3. The molecule has 25 heavy (non-hydrogen) atoms. The number of fused-ring (bicyclic) bond motifs is 1. The minimum Gasteiger partial charge on any atom is -0.488 e. The summed E-state index contributed by atoms with van der Waals surface area (Å²) in [5.74, 6) is 0.571. The number of hydrogen-bond donors (Lipinski definition) is 0. The van der Waals surface area contributed by atoms with E-state index in [1.54, 1.807) is 12.1 Å². The van der Waals surface area contributed by atoms with Crippen LogP contribution >= 0.6 is 11.3 Å². The first-order chi connectivity index (χ1) is 11.3. The molecule has 1 radical (unpaired) electrons. The Balaban J connectivity index is 2.55. The third-order valence-corrected chi connectivity index (χ3v) is 4.46. The number of thiazole rings is 1. The fourth-order valence-corrected chi connectivity index (χ4v) is 3.78. The Labute approximate surface area is 153 Å². The van der Waals surface area contributed by atoms with Gasteiger partial charge < -0.3 is 9.47 Å². The lowest BCUT2D eigenvalue weighted by atomic mass is 10.1. The zero-order chi connectivity index (χ0) is 19.0. The van der Waals surface area contributed by atoms with Crippen molar-refractivity contribution in [3.05, 3.63) is 24.6 Å². The van der Waals surface area contributed by atoms with Gasteiger partial charge in [-0.15, -0.1) is 0 Å². The van der Waals surface area contributed by atoms with Gasteiger partial charge in [-0.05, 0) is 47.6 Å². The highest BCUT2D eigenvalue weighted by atomic mass is 32.2. The molecule has 0 amide bonds. The average Bonchev–Trinajstić information content (AvgIpc) is 2.74. The van der Waals surface area contributed by atoms with Gasteiger partial charge in [-0.3, -0.25) is 4.18 Å². The zero-order valence-corrected chi connectivity index (χ0v) is 17.0. The quantitative estimate of drug-likeness (QED) is 0.696. The van der Waals surface area contributed by atoms with Crippen LogP contribution in [-0.2, 0) is 14.3 Å². The van der Waals surface area contributed by atoms with Gasteiger partial charge in [0.25, 0.3) is 15.3 Å². The third-order valence-electron chi connectivity index (χ3n) is 2.87. The highest BCUT2D eigenvalue weighted by molar-refractivity contribution is 7.86. The molecule has 1 heterocycles. The van der Waals surface area contributed by atoms with Gasteiger partial charge >= 0.3 is 0 Å². The predicted octanol–water partition coefficient (Wildman–Crippen LogP) is 4.11. The van der Waals surface area contributed by atoms with E-state index in [2.05, 4.69) is 11.9 Å². The van der Waals surface area contributed by atoms with Gasteiger partial charge in [-0.25, -0.2) is 4.98 Å². The van der Waals surface area contributed by atoms with Crippen molar-refractivity contribution in [2.24, 2.45) is 0 Å². The van der Waals surface area contributed by atoms with Gasteiger partial charge in [0.05, 0.1) is 22.6 Å². The first kappa shape index (κ1) is 19.9. The smallest absolute Gasteiger partial charge is 0.274 e. The van der Waals surface area contributed by atoms with Gasteiger partial charge in [0.2, 0.25) is 0 Å². The molecule has 2 rings (SSSR count). The summed E-state index contributed by atoms with van der Waals surface area (Å²) in [5.41, 5.74) is 0.841. The second kappa shape index (κ2) is 7.09. The molecule has 6 nitrogen and oxygen atoms in total. The molecule has 0 unspecified atom stereocenters. The van der Waals surface area contributed by atoms with Crippen LogP contribution in [0.5, 0.6) is 10.9 Å². The Morgan fingerprint density at radius 3 is 2.40 bits per heavy atom. The Morgan fingerprint density at radius 1 is 1.24 bits per heavy atom. The van der Waals surface area contributed by atoms with Crippen molar-refractivity contribution >= 4 is 31.7 Å². The Bertz CT molecular complexity index is 850. The molecule has 1 atom stereocenters. The largest absolute Gasteiger partial charge is 0.488 e. The molecule has 2 aromatic rings. The number of ether oxygens (including phenoxy) is 2. The molecule has 0 aliphatic heterocycles. The summed E-state index contributed by atoms with van der Waals surface area (Å²) >= 11 is 1.33.